The lowest BCUT2D eigenvalue weighted by Crippen LogP contribution is -2.15. The Morgan fingerprint density at radius 2 is 1.52 bits per heavy atom. The molecule has 0 aliphatic heterocycles. The van der Waals surface area contributed by atoms with E-state index in [0.29, 0.717) is 5.69 Å². The Balaban J connectivity index is 1.74. The van der Waals surface area contributed by atoms with Gasteiger partial charge in [0.25, 0.3) is 5.91 Å². The highest BCUT2D eigenvalue weighted by Gasteiger charge is 2.14. The molecule has 4 nitrogen and oxygen atoms in total. The highest BCUT2D eigenvalue weighted by molar-refractivity contribution is 6.03. The summed E-state index contributed by atoms with van der Waals surface area (Å²) < 4.78 is 40.7. The van der Waals surface area contributed by atoms with Crippen molar-refractivity contribution in [2.75, 3.05) is 10.6 Å². The molecule has 0 aliphatic carbocycles. The van der Waals surface area contributed by atoms with Gasteiger partial charge >= 0.3 is 0 Å². The number of nitrogens with one attached hydrogen (secondary N) is 2. The number of nitrogens with zero attached hydrogens (tertiary/aromatic N) is 1. The third kappa shape index (κ3) is 3.77. The van der Waals surface area contributed by atoms with E-state index in [1.165, 1.54) is 30.5 Å². The molecule has 3 rings (SSSR count). The molecular weight excluding hydrogens is 331 g/mol. The molecule has 0 bridgehead atoms. The van der Waals surface area contributed by atoms with Crippen molar-refractivity contribution in [1.82, 2.24) is 4.98 Å². The van der Waals surface area contributed by atoms with Crippen molar-refractivity contribution in [3.8, 4) is 0 Å². The van der Waals surface area contributed by atoms with Crippen molar-refractivity contribution >= 4 is 23.0 Å². The first-order chi connectivity index (χ1) is 12.0. The molecule has 2 N–H and O–H groups in total. The summed E-state index contributed by atoms with van der Waals surface area (Å²) in [6.07, 6.45) is 1.32. The minimum Gasteiger partial charge on any atom is -0.352 e. The van der Waals surface area contributed by atoms with Gasteiger partial charge in [0.2, 0.25) is 0 Å². The smallest absolute Gasteiger partial charge is 0.274 e. The number of hydrogen-bond donors (Lipinski definition) is 2. The molecule has 7 heteroatoms. The summed E-state index contributed by atoms with van der Waals surface area (Å²) >= 11 is 0. The van der Waals surface area contributed by atoms with Crippen molar-refractivity contribution in [1.29, 1.82) is 0 Å². The third-order valence-corrected chi connectivity index (χ3v) is 3.35. The number of pyridine rings is 1. The minimum atomic E-state index is -0.883. The van der Waals surface area contributed by atoms with Crippen LogP contribution >= 0.6 is 0 Å². The van der Waals surface area contributed by atoms with Gasteiger partial charge in [-0.2, -0.15) is 0 Å². The number of amides is 1. The Bertz CT molecular complexity index is 893. The van der Waals surface area contributed by atoms with Crippen LogP contribution in [0.25, 0.3) is 0 Å². The molecule has 2 aromatic carbocycles. The standard InChI is InChI=1S/C18H12F3N3O/c19-12-4-1-2-7-15(12)23-11-8-9-16(22-10-11)18(25)24-17-13(20)5-3-6-14(17)21/h1-10,23H,(H,24,25). The van der Waals surface area contributed by atoms with Gasteiger partial charge < -0.3 is 10.6 Å². The van der Waals surface area contributed by atoms with Crippen LogP contribution in [0.3, 0.4) is 0 Å². The lowest BCUT2D eigenvalue weighted by Gasteiger charge is -2.09. The predicted molar refractivity (Wildman–Crippen MR) is 88.2 cm³/mol. The average molecular weight is 343 g/mol. The molecule has 0 radical (unpaired) electrons. The Labute approximate surface area is 141 Å². The van der Waals surface area contributed by atoms with Gasteiger partial charge in [-0.1, -0.05) is 18.2 Å². The lowest BCUT2D eigenvalue weighted by atomic mass is 10.2. The predicted octanol–water partition coefficient (Wildman–Crippen LogP) is 4.49. The normalized spacial score (nSPS) is 10.4. The zero-order chi connectivity index (χ0) is 17.8. The maximum absolute atomic E-state index is 13.6. The molecule has 0 spiro atoms. The van der Waals surface area contributed by atoms with Crippen LogP contribution in [0.1, 0.15) is 10.5 Å². The van der Waals surface area contributed by atoms with Gasteiger partial charge in [0, 0.05) is 0 Å². The number of para-hydroxylation sites is 2. The van der Waals surface area contributed by atoms with E-state index in [4.69, 9.17) is 0 Å². The summed E-state index contributed by atoms with van der Waals surface area (Å²) in [7, 11) is 0. The number of aromatic nitrogens is 1. The number of benzene rings is 2. The first kappa shape index (κ1) is 16.5. The fourth-order valence-corrected chi connectivity index (χ4v) is 2.12. The second-order valence-electron chi connectivity index (χ2n) is 5.09. The number of anilines is 3. The van der Waals surface area contributed by atoms with Gasteiger partial charge in [-0.3, -0.25) is 4.79 Å². The van der Waals surface area contributed by atoms with Gasteiger partial charge in [-0.15, -0.1) is 0 Å². The molecule has 0 saturated carbocycles. The first-order valence-electron chi connectivity index (χ1n) is 7.27. The highest BCUT2D eigenvalue weighted by Crippen LogP contribution is 2.21. The Morgan fingerprint density at radius 1 is 0.840 bits per heavy atom. The quantitative estimate of drug-likeness (QED) is 0.734. The van der Waals surface area contributed by atoms with Crippen molar-refractivity contribution in [3.05, 3.63) is 83.9 Å². The second kappa shape index (κ2) is 7.04. The molecule has 0 aliphatic rings. The average Bonchev–Trinajstić information content (AvgIpc) is 2.61. The molecule has 0 fully saturated rings. The van der Waals surface area contributed by atoms with Crippen LogP contribution in [0.15, 0.2) is 60.8 Å². The summed E-state index contributed by atoms with van der Waals surface area (Å²) in [5, 5.41) is 4.96. The summed E-state index contributed by atoms with van der Waals surface area (Å²) in [5.41, 5.74) is 0.137. The van der Waals surface area contributed by atoms with Gasteiger partial charge in [0.1, 0.15) is 28.8 Å². The number of carbonyl (C=O) groups is 1. The SMILES string of the molecule is O=C(Nc1c(F)cccc1F)c1ccc(Nc2ccccc2F)cn1. The van der Waals surface area contributed by atoms with Crippen LogP contribution in [0.2, 0.25) is 0 Å². The third-order valence-electron chi connectivity index (χ3n) is 3.35. The Kier molecular flexibility index (Phi) is 4.65. The maximum Gasteiger partial charge on any atom is 0.274 e. The zero-order valence-electron chi connectivity index (χ0n) is 12.8. The van der Waals surface area contributed by atoms with Crippen LogP contribution in [0.5, 0.6) is 0 Å². The van der Waals surface area contributed by atoms with Gasteiger partial charge in [-0.05, 0) is 36.4 Å². The molecule has 1 amide bonds. The summed E-state index contributed by atoms with van der Waals surface area (Å²) in [4.78, 5) is 16.0. The fraction of sp³-hybridized carbons (Fsp3) is 0. The number of halogens is 3. The zero-order valence-corrected chi connectivity index (χ0v) is 12.8. The second-order valence-corrected chi connectivity index (χ2v) is 5.09. The lowest BCUT2D eigenvalue weighted by molar-refractivity contribution is 0.102. The van der Waals surface area contributed by atoms with E-state index >= 15 is 0 Å². The van der Waals surface area contributed by atoms with Crippen LogP contribution in [0.4, 0.5) is 30.2 Å². The van der Waals surface area contributed by atoms with Crippen molar-refractivity contribution in [2.45, 2.75) is 0 Å². The van der Waals surface area contributed by atoms with Crippen molar-refractivity contribution < 1.29 is 18.0 Å². The van der Waals surface area contributed by atoms with Crippen LogP contribution in [-0.4, -0.2) is 10.9 Å². The van der Waals surface area contributed by atoms with Crippen LogP contribution in [0, 0.1) is 17.5 Å². The Morgan fingerprint density at radius 3 is 2.16 bits per heavy atom. The number of carbonyl (C=O) groups excluding carboxylic acids is 1. The molecular formula is C18H12F3N3O. The van der Waals surface area contributed by atoms with E-state index in [0.717, 1.165) is 12.1 Å². The van der Waals surface area contributed by atoms with Crippen LogP contribution in [-0.2, 0) is 0 Å². The van der Waals surface area contributed by atoms with Crippen molar-refractivity contribution in [2.24, 2.45) is 0 Å². The largest absolute Gasteiger partial charge is 0.352 e. The summed E-state index contributed by atoms with van der Waals surface area (Å²) in [5.74, 6) is -2.96. The van der Waals surface area contributed by atoms with E-state index in [1.54, 1.807) is 18.2 Å². The van der Waals surface area contributed by atoms with E-state index in [1.807, 2.05) is 0 Å². The van der Waals surface area contributed by atoms with E-state index in [2.05, 4.69) is 15.6 Å². The monoisotopic (exact) mass is 343 g/mol. The minimum absolute atomic E-state index is 0.0401. The molecule has 1 heterocycles. The number of hydrogen-bond acceptors (Lipinski definition) is 3. The molecule has 0 atom stereocenters. The topological polar surface area (TPSA) is 54.0 Å². The van der Waals surface area contributed by atoms with Crippen molar-refractivity contribution in [3.63, 3.8) is 0 Å². The van der Waals surface area contributed by atoms with Gasteiger partial charge in [-0.25, -0.2) is 18.2 Å². The summed E-state index contributed by atoms with van der Waals surface area (Å²) in [6.45, 7) is 0. The molecule has 0 unspecified atom stereocenters. The molecule has 0 saturated heterocycles. The Hall–Kier alpha value is -3.35. The molecule has 126 valence electrons. The fourth-order valence-electron chi connectivity index (χ4n) is 2.12. The molecule has 25 heavy (non-hydrogen) atoms. The van der Waals surface area contributed by atoms with Gasteiger partial charge in [0.05, 0.1) is 17.6 Å². The molecule has 3 aromatic rings. The van der Waals surface area contributed by atoms with Crippen LogP contribution < -0.4 is 10.6 Å². The van der Waals surface area contributed by atoms with E-state index < -0.39 is 29.0 Å². The molecule has 1 aromatic heterocycles. The summed E-state index contributed by atoms with van der Waals surface area (Å²) in [6, 6.07) is 12.2. The van der Waals surface area contributed by atoms with Gasteiger partial charge in [0.15, 0.2) is 0 Å². The van der Waals surface area contributed by atoms with E-state index in [9.17, 15) is 18.0 Å². The maximum atomic E-state index is 13.6. The first-order valence-corrected chi connectivity index (χ1v) is 7.27. The number of rotatable bonds is 4. The van der Waals surface area contributed by atoms with E-state index in [-0.39, 0.29) is 11.4 Å². The highest BCUT2D eigenvalue weighted by atomic mass is 19.1.